The van der Waals surface area contributed by atoms with Gasteiger partial charge in [0.25, 0.3) is 0 Å². The maximum atomic E-state index is 12.4. The van der Waals surface area contributed by atoms with Gasteiger partial charge in [-0.25, -0.2) is 8.42 Å². The Hall–Kier alpha value is -1.40. The first kappa shape index (κ1) is 13.6. The molecule has 1 N–H and O–H groups in total. The van der Waals surface area contributed by atoms with E-state index in [0.29, 0.717) is 24.4 Å². The first-order valence-corrected chi connectivity index (χ1v) is 8.37. The Morgan fingerprint density at radius 1 is 1.15 bits per heavy atom. The maximum absolute atomic E-state index is 12.4. The van der Waals surface area contributed by atoms with Gasteiger partial charge in [0.15, 0.2) is 0 Å². The fraction of sp³-hybridized carbons (Fsp3) is 0.500. The minimum absolute atomic E-state index is 0.0541. The standard InChI is InChI=1S/C14H18N2O3S/c17-14(11-6-7-11)15-12-8-9-16(10-12)20(18,19)13-4-2-1-3-5-13/h1-5,11-12H,6-10H2,(H,15,17). The van der Waals surface area contributed by atoms with Gasteiger partial charge in [-0.05, 0) is 31.4 Å². The highest BCUT2D eigenvalue weighted by atomic mass is 32.2. The van der Waals surface area contributed by atoms with Crippen LogP contribution in [0.25, 0.3) is 0 Å². The summed E-state index contributed by atoms with van der Waals surface area (Å²) in [7, 11) is -3.43. The van der Waals surface area contributed by atoms with Crippen LogP contribution in [0.4, 0.5) is 0 Å². The summed E-state index contributed by atoms with van der Waals surface area (Å²) in [4.78, 5) is 12.0. The van der Waals surface area contributed by atoms with Crippen molar-refractivity contribution in [1.29, 1.82) is 0 Å². The topological polar surface area (TPSA) is 66.5 Å². The molecule has 108 valence electrons. The molecular weight excluding hydrogens is 276 g/mol. The predicted octanol–water partition coefficient (Wildman–Crippen LogP) is 0.976. The number of benzene rings is 1. The molecular formula is C14H18N2O3S. The van der Waals surface area contributed by atoms with Gasteiger partial charge in [0.1, 0.15) is 0 Å². The van der Waals surface area contributed by atoms with Gasteiger partial charge in [-0.1, -0.05) is 18.2 Å². The van der Waals surface area contributed by atoms with E-state index in [1.54, 1.807) is 30.3 Å². The average molecular weight is 294 g/mol. The molecule has 1 saturated carbocycles. The van der Waals surface area contributed by atoms with Crippen molar-refractivity contribution in [2.24, 2.45) is 5.92 Å². The number of hydrogen-bond acceptors (Lipinski definition) is 3. The Balaban J connectivity index is 1.66. The molecule has 0 spiro atoms. The lowest BCUT2D eigenvalue weighted by atomic mass is 10.2. The molecule has 1 saturated heterocycles. The number of nitrogens with one attached hydrogen (secondary N) is 1. The predicted molar refractivity (Wildman–Crippen MR) is 74.5 cm³/mol. The number of carbonyl (C=O) groups excluding carboxylic acids is 1. The van der Waals surface area contributed by atoms with Crippen molar-refractivity contribution >= 4 is 15.9 Å². The number of amides is 1. The van der Waals surface area contributed by atoms with Gasteiger partial charge in [-0.2, -0.15) is 4.31 Å². The van der Waals surface area contributed by atoms with Crippen molar-refractivity contribution in [2.75, 3.05) is 13.1 Å². The van der Waals surface area contributed by atoms with Crippen LogP contribution in [0.2, 0.25) is 0 Å². The number of rotatable bonds is 4. The monoisotopic (exact) mass is 294 g/mol. The quantitative estimate of drug-likeness (QED) is 0.900. The zero-order chi connectivity index (χ0) is 14.2. The van der Waals surface area contributed by atoms with Gasteiger partial charge in [0.2, 0.25) is 15.9 Å². The largest absolute Gasteiger partial charge is 0.352 e. The number of carbonyl (C=O) groups is 1. The van der Waals surface area contributed by atoms with Gasteiger partial charge in [-0.15, -0.1) is 0 Å². The van der Waals surface area contributed by atoms with E-state index in [9.17, 15) is 13.2 Å². The average Bonchev–Trinajstić information content (AvgIpc) is 3.20. The van der Waals surface area contributed by atoms with Crippen LogP contribution in [-0.4, -0.2) is 37.8 Å². The third-order valence-corrected chi connectivity index (χ3v) is 5.71. The Bertz CT molecular complexity index is 596. The van der Waals surface area contributed by atoms with E-state index in [4.69, 9.17) is 0 Å². The van der Waals surface area contributed by atoms with Crippen molar-refractivity contribution in [3.63, 3.8) is 0 Å². The first-order valence-electron chi connectivity index (χ1n) is 6.93. The molecule has 2 fully saturated rings. The minimum Gasteiger partial charge on any atom is -0.352 e. The van der Waals surface area contributed by atoms with Crippen LogP contribution in [0.15, 0.2) is 35.2 Å². The first-order chi connectivity index (χ1) is 9.57. The molecule has 3 rings (SSSR count). The Morgan fingerprint density at radius 3 is 2.50 bits per heavy atom. The molecule has 1 aromatic rings. The highest BCUT2D eigenvalue weighted by Crippen LogP contribution is 2.29. The molecule has 1 aromatic carbocycles. The molecule has 20 heavy (non-hydrogen) atoms. The van der Waals surface area contributed by atoms with Gasteiger partial charge in [0.05, 0.1) is 4.90 Å². The Labute approximate surface area is 119 Å². The Morgan fingerprint density at radius 2 is 1.85 bits per heavy atom. The van der Waals surface area contributed by atoms with E-state index in [-0.39, 0.29) is 17.9 Å². The molecule has 0 radical (unpaired) electrons. The van der Waals surface area contributed by atoms with Crippen LogP contribution in [0.3, 0.4) is 0 Å². The minimum atomic E-state index is -3.43. The summed E-state index contributed by atoms with van der Waals surface area (Å²) in [6, 6.07) is 8.38. The zero-order valence-corrected chi connectivity index (χ0v) is 12.0. The van der Waals surface area contributed by atoms with Crippen molar-refractivity contribution in [2.45, 2.75) is 30.2 Å². The SMILES string of the molecule is O=C(NC1CCN(S(=O)(=O)c2ccccc2)C1)C1CC1. The van der Waals surface area contributed by atoms with E-state index < -0.39 is 10.0 Å². The van der Waals surface area contributed by atoms with Crippen molar-refractivity contribution in [1.82, 2.24) is 9.62 Å². The van der Waals surface area contributed by atoms with Crippen LogP contribution in [0.5, 0.6) is 0 Å². The normalized spacial score (nSPS) is 23.7. The van der Waals surface area contributed by atoms with E-state index in [1.807, 2.05) is 0 Å². The second-order valence-electron chi connectivity index (χ2n) is 5.44. The van der Waals surface area contributed by atoms with Crippen LogP contribution in [0.1, 0.15) is 19.3 Å². The lowest BCUT2D eigenvalue weighted by molar-refractivity contribution is -0.122. The number of nitrogens with zero attached hydrogens (tertiary/aromatic N) is 1. The van der Waals surface area contributed by atoms with Crippen LogP contribution in [0, 0.1) is 5.92 Å². The van der Waals surface area contributed by atoms with E-state index in [1.165, 1.54) is 4.31 Å². The van der Waals surface area contributed by atoms with E-state index in [2.05, 4.69) is 5.32 Å². The fourth-order valence-electron chi connectivity index (χ4n) is 2.47. The summed E-state index contributed by atoms with van der Waals surface area (Å²) in [6.07, 6.45) is 2.61. The highest BCUT2D eigenvalue weighted by Gasteiger charge is 2.36. The van der Waals surface area contributed by atoms with Crippen molar-refractivity contribution < 1.29 is 13.2 Å². The summed E-state index contributed by atoms with van der Waals surface area (Å²) < 4.78 is 26.3. The van der Waals surface area contributed by atoms with Gasteiger partial charge in [0, 0.05) is 25.0 Å². The Kier molecular flexibility index (Phi) is 3.52. The molecule has 1 unspecified atom stereocenters. The third-order valence-electron chi connectivity index (χ3n) is 3.83. The van der Waals surface area contributed by atoms with E-state index in [0.717, 1.165) is 12.8 Å². The fourth-order valence-corrected chi connectivity index (χ4v) is 3.99. The second-order valence-corrected chi connectivity index (χ2v) is 7.38. The van der Waals surface area contributed by atoms with Crippen LogP contribution >= 0.6 is 0 Å². The second kappa shape index (κ2) is 5.18. The summed E-state index contributed by atoms with van der Waals surface area (Å²) in [6.45, 7) is 0.836. The van der Waals surface area contributed by atoms with Gasteiger partial charge < -0.3 is 5.32 Å². The van der Waals surface area contributed by atoms with Crippen LogP contribution in [-0.2, 0) is 14.8 Å². The molecule has 0 bridgehead atoms. The molecule has 5 nitrogen and oxygen atoms in total. The molecule has 0 aromatic heterocycles. The van der Waals surface area contributed by atoms with Crippen LogP contribution < -0.4 is 5.32 Å². The highest BCUT2D eigenvalue weighted by molar-refractivity contribution is 7.89. The lowest BCUT2D eigenvalue weighted by Crippen LogP contribution is -2.39. The maximum Gasteiger partial charge on any atom is 0.243 e. The van der Waals surface area contributed by atoms with Crippen molar-refractivity contribution in [3.8, 4) is 0 Å². The summed E-state index contributed by atoms with van der Waals surface area (Å²) in [5.41, 5.74) is 0. The third kappa shape index (κ3) is 2.71. The molecule has 6 heteroatoms. The summed E-state index contributed by atoms with van der Waals surface area (Å²) in [5, 5.41) is 2.95. The lowest BCUT2D eigenvalue weighted by Gasteiger charge is -2.17. The summed E-state index contributed by atoms with van der Waals surface area (Å²) in [5.74, 6) is 0.240. The molecule has 1 amide bonds. The smallest absolute Gasteiger partial charge is 0.243 e. The molecule has 1 aliphatic carbocycles. The van der Waals surface area contributed by atoms with Crippen molar-refractivity contribution in [3.05, 3.63) is 30.3 Å². The van der Waals surface area contributed by atoms with Gasteiger partial charge >= 0.3 is 0 Å². The molecule has 2 aliphatic rings. The zero-order valence-electron chi connectivity index (χ0n) is 11.2. The molecule has 1 aliphatic heterocycles. The number of hydrogen-bond donors (Lipinski definition) is 1. The van der Waals surface area contributed by atoms with E-state index >= 15 is 0 Å². The molecule has 1 heterocycles. The number of sulfonamides is 1. The molecule has 1 atom stereocenters. The summed E-state index contributed by atoms with van der Waals surface area (Å²) >= 11 is 0. The van der Waals surface area contributed by atoms with Gasteiger partial charge in [-0.3, -0.25) is 4.79 Å².